The average Bonchev–Trinajstić information content (AvgIpc) is 2.44. The van der Waals surface area contributed by atoms with Crippen molar-refractivity contribution in [3.63, 3.8) is 0 Å². The zero-order valence-electron chi connectivity index (χ0n) is 12.8. The predicted octanol–water partition coefficient (Wildman–Crippen LogP) is 4.18. The Balaban J connectivity index is 2.51. The van der Waals surface area contributed by atoms with Crippen molar-refractivity contribution in [2.24, 2.45) is 0 Å². The van der Waals surface area contributed by atoms with Crippen molar-refractivity contribution in [2.45, 2.75) is 52.2 Å². The van der Waals surface area contributed by atoms with Crippen LogP contribution in [0.3, 0.4) is 0 Å². The summed E-state index contributed by atoms with van der Waals surface area (Å²) >= 11 is 0. The van der Waals surface area contributed by atoms with Crippen molar-refractivity contribution in [1.82, 2.24) is 0 Å². The number of anilines is 1. The van der Waals surface area contributed by atoms with Crippen molar-refractivity contribution in [3.8, 4) is 0 Å². The van der Waals surface area contributed by atoms with Gasteiger partial charge in [-0.3, -0.25) is 5.41 Å². The van der Waals surface area contributed by atoms with Gasteiger partial charge >= 0.3 is 0 Å². The van der Waals surface area contributed by atoms with Crippen LogP contribution < -0.4 is 5.73 Å². The highest BCUT2D eigenvalue weighted by molar-refractivity contribution is 6.13. The lowest BCUT2D eigenvalue weighted by Crippen LogP contribution is -2.17. The Morgan fingerprint density at radius 2 is 1.95 bits per heavy atom. The molecule has 1 rings (SSSR count). The minimum absolute atomic E-state index is 0.183. The number of nitrogens with one attached hydrogen (secondary N) is 1. The van der Waals surface area contributed by atoms with Gasteiger partial charge in [-0.15, -0.1) is 0 Å². The third kappa shape index (κ3) is 4.82. The fourth-order valence-corrected chi connectivity index (χ4v) is 1.98. The number of allylic oxidation sites excluding steroid dienone is 1. The van der Waals surface area contributed by atoms with Gasteiger partial charge in [-0.1, -0.05) is 31.7 Å². The van der Waals surface area contributed by atoms with E-state index in [4.69, 9.17) is 15.9 Å². The van der Waals surface area contributed by atoms with Crippen LogP contribution >= 0.6 is 0 Å². The van der Waals surface area contributed by atoms with E-state index in [0.717, 1.165) is 30.4 Å². The van der Waals surface area contributed by atoms with Crippen LogP contribution in [0, 0.1) is 5.41 Å². The highest BCUT2D eigenvalue weighted by Gasteiger charge is 2.12. The maximum absolute atomic E-state index is 8.18. The fourth-order valence-electron chi connectivity index (χ4n) is 1.98. The van der Waals surface area contributed by atoms with Gasteiger partial charge in [-0.2, -0.15) is 0 Å². The number of hydrogen-bond acceptors (Lipinski definition) is 3. The fraction of sp³-hybridized carbons (Fsp3) is 0.471. The Bertz CT molecular complexity index is 468. The summed E-state index contributed by atoms with van der Waals surface area (Å²) in [4.78, 5) is 0. The monoisotopic (exact) mass is 274 g/mol. The molecule has 3 nitrogen and oxygen atoms in total. The molecule has 0 fully saturated rings. The van der Waals surface area contributed by atoms with Crippen LogP contribution in [0.1, 0.15) is 45.6 Å². The summed E-state index contributed by atoms with van der Waals surface area (Å²) in [5.41, 5.74) is 8.51. The first-order chi connectivity index (χ1) is 9.45. The zero-order chi connectivity index (χ0) is 15.1. The molecular formula is C17H26N2O. The molecule has 0 radical (unpaired) electrons. The second-order valence-corrected chi connectivity index (χ2v) is 5.27. The van der Waals surface area contributed by atoms with Gasteiger partial charge in [-0.05, 0) is 44.7 Å². The lowest BCUT2D eigenvalue weighted by Gasteiger charge is -2.18. The summed E-state index contributed by atoms with van der Waals surface area (Å²) in [6, 6.07) is 7.44. The number of hydrogen-bond donors (Lipinski definition) is 2. The molecule has 0 aliphatic rings. The highest BCUT2D eigenvalue weighted by atomic mass is 16.5. The van der Waals surface area contributed by atoms with Crippen molar-refractivity contribution in [2.75, 3.05) is 5.73 Å². The van der Waals surface area contributed by atoms with Crippen molar-refractivity contribution >= 4 is 11.4 Å². The Labute approximate surface area is 122 Å². The van der Waals surface area contributed by atoms with Crippen LogP contribution in [-0.4, -0.2) is 17.9 Å². The maximum atomic E-state index is 8.18. The molecule has 0 unspecified atom stereocenters. The molecule has 110 valence electrons. The molecule has 1 aromatic carbocycles. The first kappa shape index (κ1) is 16.4. The summed E-state index contributed by atoms with van der Waals surface area (Å²) in [6.45, 7) is 10.3. The minimum atomic E-state index is 0.183. The standard InChI is InChI=1S/C17H26N2O/c1-5-13(3)20-14(4)11-10-12(2)17(19)15-8-6-7-9-16(15)18/h6-9,13-14,19H,2,5,10-11,18H2,1,3-4H3/t13-,14-/m1/s1. The molecule has 3 N–H and O–H groups in total. The van der Waals surface area contributed by atoms with E-state index in [0.29, 0.717) is 11.4 Å². The smallest absolute Gasteiger partial charge is 0.0658 e. The molecule has 0 aliphatic carbocycles. The molecule has 20 heavy (non-hydrogen) atoms. The Morgan fingerprint density at radius 1 is 1.30 bits per heavy atom. The topological polar surface area (TPSA) is 59.1 Å². The largest absolute Gasteiger partial charge is 0.398 e. The number of nitrogen functional groups attached to an aromatic ring is 1. The van der Waals surface area contributed by atoms with Crippen molar-refractivity contribution < 1.29 is 4.74 Å². The molecule has 0 saturated heterocycles. The average molecular weight is 274 g/mol. The SMILES string of the molecule is C=C(CC[C@@H](C)O[C@H](C)CC)C(=N)c1ccccc1N. The van der Waals surface area contributed by atoms with Gasteiger partial charge in [0.25, 0.3) is 0 Å². The first-order valence-corrected chi connectivity index (χ1v) is 7.22. The van der Waals surface area contributed by atoms with Crippen LogP contribution in [0.25, 0.3) is 0 Å². The quantitative estimate of drug-likeness (QED) is 0.552. The second kappa shape index (κ2) is 7.85. The van der Waals surface area contributed by atoms with E-state index < -0.39 is 0 Å². The molecule has 0 spiro atoms. The number of nitrogens with two attached hydrogens (primary N) is 1. The lowest BCUT2D eigenvalue weighted by atomic mass is 9.98. The number of para-hydroxylation sites is 1. The normalized spacial score (nSPS) is 13.8. The predicted molar refractivity (Wildman–Crippen MR) is 86.4 cm³/mol. The van der Waals surface area contributed by atoms with Crippen LogP contribution in [0.5, 0.6) is 0 Å². The lowest BCUT2D eigenvalue weighted by molar-refractivity contribution is 0.00295. The minimum Gasteiger partial charge on any atom is -0.398 e. The van der Waals surface area contributed by atoms with Gasteiger partial charge in [0.15, 0.2) is 0 Å². The van der Waals surface area contributed by atoms with Gasteiger partial charge in [0.2, 0.25) is 0 Å². The van der Waals surface area contributed by atoms with Gasteiger partial charge in [0.05, 0.1) is 17.9 Å². The van der Waals surface area contributed by atoms with Gasteiger partial charge < -0.3 is 10.5 Å². The molecular weight excluding hydrogens is 248 g/mol. The Hall–Kier alpha value is -1.61. The van der Waals surface area contributed by atoms with Crippen LogP contribution in [0.2, 0.25) is 0 Å². The summed E-state index contributed by atoms with van der Waals surface area (Å²) in [7, 11) is 0. The summed E-state index contributed by atoms with van der Waals surface area (Å²) in [5, 5.41) is 8.18. The number of benzene rings is 1. The molecule has 0 aliphatic heterocycles. The summed E-state index contributed by atoms with van der Waals surface area (Å²) in [6.07, 6.45) is 3.11. The summed E-state index contributed by atoms with van der Waals surface area (Å²) < 4.78 is 5.82. The van der Waals surface area contributed by atoms with E-state index in [1.165, 1.54) is 0 Å². The van der Waals surface area contributed by atoms with Gasteiger partial charge in [0.1, 0.15) is 0 Å². The number of rotatable bonds is 8. The molecule has 1 aromatic rings. The third-order valence-corrected chi connectivity index (χ3v) is 3.48. The number of ether oxygens (including phenoxy) is 1. The maximum Gasteiger partial charge on any atom is 0.0658 e. The van der Waals surface area contributed by atoms with E-state index >= 15 is 0 Å². The van der Waals surface area contributed by atoms with Crippen LogP contribution in [-0.2, 0) is 4.74 Å². The second-order valence-electron chi connectivity index (χ2n) is 5.27. The van der Waals surface area contributed by atoms with Crippen molar-refractivity contribution in [1.29, 1.82) is 5.41 Å². The molecule has 3 heteroatoms. The molecule has 0 heterocycles. The van der Waals surface area contributed by atoms with Crippen LogP contribution in [0.4, 0.5) is 5.69 Å². The van der Waals surface area contributed by atoms with E-state index in [9.17, 15) is 0 Å². The van der Waals surface area contributed by atoms with E-state index in [1.807, 2.05) is 24.3 Å². The Morgan fingerprint density at radius 3 is 2.55 bits per heavy atom. The molecule has 0 aromatic heterocycles. The molecule has 0 amide bonds. The first-order valence-electron chi connectivity index (χ1n) is 7.22. The van der Waals surface area contributed by atoms with Gasteiger partial charge in [0, 0.05) is 11.3 Å². The van der Waals surface area contributed by atoms with E-state index in [1.54, 1.807) is 0 Å². The Kier molecular flexibility index (Phi) is 6.46. The highest BCUT2D eigenvalue weighted by Crippen LogP contribution is 2.19. The molecule has 0 saturated carbocycles. The molecule has 0 bridgehead atoms. The van der Waals surface area contributed by atoms with Crippen LogP contribution in [0.15, 0.2) is 36.4 Å². The molecule has 2 atom stereocenters. The summed E-state index contributed by atoms with van der Waals surface area (Å²) in [5.74, 6) is 0. The van der Waals surface area contributed by atoms with E-state index in [-0.39, 0.29) is 12.2 Å². The van der Waals surface area contributed by atoms with Gasteiger partial charge in [-0.25, -0.2) is 0 Å². The van der Waals surface area contributed by atoms with Crippen molar-refractivity contribution in [3.05, 3.63) is 42.0 Å². The van der Waals surface area contributed by atoms with E-state index in [2.05, 4.69) is 27.4 Å². The third-order valence-electron chi connectivity index (χ3n) is 3.48. The zero-order valence-corrected chi connectivity index (χ0v) is 12.8.